The molecule has 1 N–H and O–H groups in total. The Balaban J connectivity index is 1.94. The Hall–Kier alpha value is -1.02. The van der Waals surface area contributed by atoms with E-state index in [0.29, 0.717) is 6.04 Å². The van der Waals surface area contributed by atoms with Gasteiger partial charge in [0.2, 0.25) is 0 Å². The van der Waals surface area contributed by atoms with Gasteiger partial charge in [0.05, 0.1) is 0 Å². The molecule has 1 heterocycles. The second-order valence-electron chi connectivity index (χ2n) is 5.31. The van der Waals surface area contributed by atoms with E-state index in [1.165, 1.54) is 30.6 Å². The molecular formula is C15H24N2. The summed E-state index contributed by atoms with van der Waals surface area (Å²) in [6.07, 6.45) is 2.44. The highest BCUT2D eigenvalue weighted by Gasteiger charge is 2.20. The first-order valence-electron chi connectivity index (χ1n) is 6.72. The molecule has 2 nitrogen and oxygen atoms in total. The SMILES string of the molecule is CCC(C)N(C)CC1CNc2ccccc2C1. The predicted molar refractivity (Wildman–Crippen MR) is 74.5 cm³/mol. The van der Waals surface area contributed by atoms with Gasteiger partial charge in [0.1, 0.15) is 0 Å². The molecule has 2 heteroatoms. The minimum absolute atomic E-state index is 0.687. The third-order valence-electron chi connectivity index (χ3n) is 4.00. The second kappa shape index (κ2) is 5.54. The molecule has 1 aromatic rings. The maximum atomic E-state index is 3.55. The van der Waals surface area contributed by atoms with Crippen LogP contribution in [0, 0.1) is 5.92 Å². The molecule has 2 unspecified atom stereocenters. The second-order valence-corrected chi connectivity index (χ2v) is 5.31. The fourth-order valence-electron chi connectivity index (χ4n) is 2.54. The molecule has 1 aromatic carbocycles. The quantitative estimate of drug-likeness (QED) is 0.858. The smallest absolute Gasteiger partial charge is 0.0372 e. The van der Waals surface area contributed by atoms with E-state index in [9.17, 15) is 0 Å². The summed E-state index contributed by atoms with van der Waals surface area (Å²) in [4.78, 5) is 2.49. The minimum atomic E-state index is 0.687. The Kier molecular flexibility index (Phi) is 4.06. The highest BCUT2D eigenvalue weighted by atomic mass is 15.1. The lowest BCUT2D eigenvalue weighted by atomic mass is 9.93. The maximum absolute atomic E-state index is 3.55. The van der Waals surface area contributed by atoms with Crippen molar-refractivity contribution in [1.29, 1.82) is 0 Å². The average molecular weight is 232 g/mol. The van der Waals surface area contributed by atoms with Gasteiger partial charge in [-0.15, -0.1) is 0 Å². The fourth-order valence-corrected chi connectivity index (χ4v) is 2.54. The minimum Gasteiger partial charge on any atom is -0.384 e. The van der Waals surface area contributed by atoms with Gasteiger partial charge in [0.15, 0.2) is 0 Å². The van der Waals surface area contributed by atoms with Gasteiger partial charge in [-0.05, 0) is 44.4 Å². The van der Waals surface area contributed by atoms with Gasteiger partial charge in [-0.25, -0.2) is 0 Å². The van der Waals surface area contributed by atoms with Gasteiger partial charge >= 0.3 is 0 Å². The Morgan fingerprint density at radius 3 is 2.94 bits per heavy atom. The van der Waals surface area contributed by atoms with Crippen molar-refractivity contribution in [2.24, 2.45) is 5.92 Å². The summed E-state index contributed by atoms with van der Waals surface area (Å²) < 4.78 is 0. The number of nitrogens with one attached hydrogen (secondary N) is 1. The molecule has 0 aliphatic carbocycles. The summed E-state index contributed by atoms with van der Waals surface area (Å²) in [7, 11) is 2.24. The highest BCUT2D eigenvalue weighted by molar-refractivity contribution is 5.53. The van der Waals surface area contributed by atoms with E-state index in [1.54, 1.807) is 0 Å². The van der Waals surface area contributed by atoms with Gasteiger partial charge in [-0.2, -0.15) is 0 Å². The first-order valence-corrected chi connectivity index (χ1v) is 6.72. The van der Waals surface area contributed by atoms with Crippen LogP contribution in [0.3, 0.4) is 0 Å². The van der Waals surface area contributed by atoms with Crippen LogP contribution < -0.4 is 5.32 Å². The first kappa shape index (κ1) is 12.4. The summed E-state index contributed by atoms with van der Waals surface area (Å²) in [6, 6.07) is 9.37. The number of fused-ring (bicyclic) bond motifs is 1. The summed E-state index contributed by atoms with van der Waals surface area (Å²) in [5, 5.41) is 3.55. The first-order chi connectivity index (χ1) is 8.20. The predicted octanol–water partition coefficient (Wildman–Crippen LogP) is 3.00. The van der Waals surface area contributed by atoms with Gasteiger partial charge in [0.25, 0.3) is 0 Å². The van der Waals surface area contributed by atoms with E-state index >= 15 is 0 Å². The number of hydrogen-bond donors (Lipinski definition) is 1. The van der Waals surface area contributed by atoms with Crippen LogP contribution in [0.1, 0.15) is 25.8 Å². The summed E-state index contributed by atoms with van der Waals surface area (Å²) in [5.74, 6) is 0.740. The number of benzene rings is 1. The number of anilines is 1. The Labute approximate surface area is 105 Å². The van der Waals surface area contributed by atoms with Crippen molar-refractivity contribution in [3.8, 4) is 0 Å². The molecule has 0 aromatic heterocycles. The molecule has 2 rings (SSSR count). The van der Waals surface area contributed by atoms with Gasteiger partial charge in [-0.3, -0.25) is 0 Å². The lowest BCUT2D eigenvalue weighted by Crippen LogP contribution is -2.37. The molecule has 0 radical (unpaired) electrons. The topological polar surface area (TPSA) is 15.3 Å². The number of nitrogens with zero attached hydrogens (tertiary/aromatic N) is 1. The van der Waals surface area contributed by atoms with Crippen molar-refractivity contribution < 1.29 is 0 Å². The Bertz CT molecular complexity index is 362. The van der Waals surface area contributed by atoms with Crippen LogP contribution >= 0.6 is 0 Å². The Morgan fingerprint density at radius 1 is 1.41 bits per heavy atom. The fraction of sp³-hybridized carbons (Fsp3) is 0.600. The molecule has 1 aliphatic rings. The number of para-hydroxylation sites is 1. The molecule has 0 fully saturated rings. The molecule has 1 aliphatic heterocycles. The molecule has 0 bridgehead atoms. The third-order valence-corrected chi connectivity index (χ3v) is 4.00. The number of hydrogen-bond acceptors (Lipinski definition) is 2. The van der Waals surface area contributed by atoms with Crippen molar-refractivity contribution in [2.75, 3.05) is 25.5 Å². The van der Waals surface area contributed by atoms with Crippen molar-refractivity contribution in [3.63, 3.8) is 0 Å². The lowest BCUT2D eigenvalue weighted by molar-refractivity contribution is 0.215. The average Bonchev–Trinajstić information content (AvgIpc) is 2.37. The zero-order valence-electron chi connectivity index (χ0n) is 11.2. The van der Waals surface area contributed by atoms with Crippen LogP contribution in [-0.2, 0) is 6.42 Å². The van der Waals surface area contributed by atoms with E-state index < -0.39 is 0 Å². The zero-order valence-corrected chi connectivity index (χ0v) is 11.2. The van der Waals surface area contributed by atoms with E-state index in [4.69, 9.17) is 0 Å². The third kappa shape index (κ3) is 3.01. The Morgan fingerprint density at radius 2 is 2.18 bits per heavy atom. The molecule has 2 atom stereocenters. The molecule has 94 valence electrons. The molecule has 0 spiro atoms. The van der Waals surface area contributed by atoms with Crippen molar-refractivity contribution in [1.82, 2.24) is 4.90 Å². The number of rotatable bonds is 4. The van der Waals surface area contributed by atoms with Crippen LogP contribution in [0.5, 0.6) is 0 Å². The van der Waals surface area contributed by atoms with Crippen molar-refractivity contribution >= 4 is 5.69 Å². The highest BCUT2D eigenvalue weighted by Crippen LogP contribution is 2.24. The monoisotopic (exact) mass is 232 g/mol. The molecule has 0 amide bonds. The molecular weight excluding hydrogens is 208 g/mol. The van der Waals surface area contributed by atoms with Crippen molar-refractivity contribution in [3.05, 3.63) is 29.8 Å². The van der Waals surface area contributed by atoms with E-state index in [1.807, 2.05) is 0 Å². The van der Waals surface area contributed by atoms with E-state index in [0.717, 1.165) is 12.5 Å². The van der Waals surface area contributed by atoms with Crippen LogP contribution in [0.4, 0.5) is 5.69 Å². The standard InChI is InChI=1S/C15H24N2/c1-4-12(2)17(3)11-13-9-14-7-5-6-8-15(14)16-10-13/h5-8,12-13,16H,4,9-11H2,1-3H3. The summed E-state index contributed by atoms with van der Waals surface area (Å²) in [6.45, 7) is 6.87. The van der Waals surface area contributed by atoms with Gasteiger partial charge in [0, 0.05) is 24.8 Å². The van der Waals surface area contributed by atoms with E-state index in [-0.39, 0.29) is 0 Å². The maximum Gasteiger partial charge on any atom is 0.0372 e. The largest absolute Gasteiger partial charge is 0.384 e. The molecule has 17 heavy (non-hydrogen) atoms. The van der Waals surface area contributed by atoms with Crippen LogP contribution in [-0.4, -0.2) is 31.1 Å². The van der Waals surface area contributed by atoms with Crippen LogP contribution in [0.2, 0.25) is 0 Å². The van der Waals surface area contributed by atoms with Gasteiger partial charge < -0.3 is 10.2 Å². The normalized spacial score (nSPS) is 20.8. The van der Waals surface area contributed by atoms with Gasteiger partial charge in [-0.1, -0.05) is 25.1 Å². The van der Waals surface area contributed by atoms with Crippen LogP contribution in [0.15, 0.2) is 24.3 Å². The summed E-state index contributed by atoms with van der Waals surface area (Å²) in [5.41, 5.74) is 2.80. The summed E-state index contributed by atoms with van der Waals surface area (Å²) >= 11 is 0. The van der Waals surface area contributed by atoms with Crippen molar-refractivity contribution in [2.45, 2.75) is 32.7 Å². The van der Waals surface area contributed by atoms with Crippen LogP contribution in [0.25, 0.3) is 0 Å². The zero-order chi connectivity index (χ0) is 12.3. The molecule has 0 saturated carbocycles. The molecule has 0 saturated heterocycles. The van der Waals surface area contributed by atoms with E-state index in [2.05, 4.69) is 55.4 Å². The lowest BCUT2D eigenvalue weighted by Gasteiger charge is -2.32.